The van der Waals surface area contributed by atoms with E-state index in [1.165, 1.54) is 23.5 Å². The van der Waals surface area contributed by atoms with E-state index >= 15 is 0 Å². The largest absolute Gasteiger partial charge is 0.465 e. The van der Waals surface area contributed by atoms with Crippen LogP contribution in [0.3, 0.4) is 0 Å². The Bertz CT molecular complexity index is 1130. The molecule has 2 N–H and O–H groups in total. The minimum atomic E-state index is -3.13. The molecule has 0 aliphatic carbocycles. The van der Waals surface area contributed by atoms with E-state index in [0.717, 1.165) is 17.2 Å². The molecule has 1 aliphatic heterocycles. The normalized spacial score (nSPS) is 18.7. The summed E-state index contributed by atoms with van der Waals surface area (Å²) < 4.78 is 66.2. The van der Waals surface area contributed by atoms with Gasteiger partial charge >= 0.3 is 5.97 Å². The Morgan fingerprint density at radius 3 is 2.70 bits per heavy atom. The summed E-state index contributed by atoms with van der Waals surface area (Å²) in [7, 11) is -1.93. The summed E-state index contributed by atoms with van der Waals surface area (Å²) in [6.45, 7) is 0.944. The van der Waals surface area contributed by atoms with Crippen LogP contribution in [0.5, 0.6) is 0 Å². The third-order valence-electron chi connectivity index (χ3n) is 5.59. The molecule has 8 nitrogen and oxygen atoms in total. The molecule has 33 heavy (non-hydrogen) atoms. The summed E-state index contributed by atoms with van der Waals surface area (Å²) in [4.78, 5) is 11.5. The highest BCUT2D eigenvalue weighted by Crippen LogP contribution is 2.17. The van der Waals surface area contributed by atoms with Gasteiger partial charge in [-0.1, -0.05) is 30.3 Å². The Balaban J connectivity index is 1.65. The smallest absolute Gasteiger partial charge is 0.337 e. The predicted octanol–water partition coefficient (Wildman–Crippen LogP) is 1.72. The van der Waals surface area contributed by atoms with Crippen LogP contribution in [0.15, 0.2) is 42.5 Å². The standard InChI is InChI=1S/C22H27FN2O6S2/c1-31-22(26)18-5-6-19(21(23)13-18)15-25(32(27)28)9-7-16-3-2-4-17(11-16)12-20-14-24-8-10-33(20,29)30/h2-6,11,13,20,24H,7-10,12,14-15H2,1H3,(H,27,28). The van der Waals surface area contributed by atoms with E-state index in [9.17, 15) is 26.4 Å². The van der Waals surface area contributed by atoms with Crippen molar-refractivity contribution >= 4 is 27.1 Å². The Kier molecular flexibility index (Phi) is 8.71. The lowest BCUT2D eigenvalue weighted by atomic mass is 10.0. The van der Waals surface area contributed by atoms with Crippen molar-refractivity contribution in [1.29, 1.82) is 0 Å². The van der Waals surface area contributed by atoms with Gasteiger partial charge in [-0.25, -0.2) is 21.8 Å². The second kappa shape index (κ2) is 11.3. The summed E-state index contributed by atoms with van der Waals surface area (Å²) in [5.41, 5.74) is 1.99. The third-order valence-corrected chi connectivity index (χ3v) is 8.47. The Hall–Kier alpha value is -2.18. The number of esters is 1. The number of halogens is 1. The van der Waals surface area contributed by atoms with Gasteiger partial charge in [0.05, 0.1) is 23.7 Å². The first kappa shape index (κ1) is 25.4. The van der Waals surface area contributed by atoms with E-state index in [-0.39, 0.29) is 30.0 Å². The van der Waals surface area contributed by atoms with Crippen LogP contribution in [0.4, 0.5) is 4.39 Å². The average Bonchev–Trinajstić information content (AvgIpc) is 2.78. The molecule has 0 radical (unpaired) electrons. The molecule has 2 aromatic carbocycles. The zero-order valence-corrected chi connectivity index (χ0v) is 19.8. The van der Waals surface area contributed by atoms with Crippen molar-refractivity contribution in [1.82, 2.24) is 9.62 Å². The number of hydrogen-bond acceptors (Lipinski definition) is 6. The van der Waals surface area contributed by atoms with E-state index in [2.05, 4.69) is 10.1 Å². The van der Waals surface area contributed by atoms with Gasteiger partial charge in [0.25, 0.3) is 0 Å². The average molecular weight is 499 g/mol. The lowest BCUT2D eigenvalue weighted by molar-refractivity contribution is 0.0600. The maximum atomic E-state index is 14.4. The third kappa shape index (κ3) is 6.90. The van der Waals surface area contributed by atoms with Gasteiger partial charge in [0.2, 0.25) is 11.3 Å². The Labute approximate surface area is 195 Å². The molecule has 2 aromatic rings. The maximum absolute atomic E-state index is 14.4. The Morgan fingerprint density at radius 2 is 2.03 bits per heavy atom. The van der Waals surface area contributed by atoms with Gasteiger partial charge in [0.1, 0.15) is 5.82 Å². The van der Waals surface area contributed by atoms with Crippen molar-refractivity contribution < 1.29 is 31.1 Å². The SMILES string of the molecule is COC(=O)c1ccc(CN(CCc2cccc(CC3CNCCS3(=O)=O)c2)S(=O)O)c(F)c1. The minimum Gasteiger partial charge on any atom is -0.465 e. The van der Waals surface area contributed by atoms with Gasteiger partial charge in [0, 0.05) is 31.7 Å². The zero-order chi connectivity index (χ0) is 24.0. The maximum Gasteiger partial charge on any atom is 0.337 e. The molecule has 1 heterocycles. The summed E-state index contributed by atoms with van der Waals surface area (Å²) in [5, 5.41) is 2.64. The lowest BCUT2D eigenvalue weighted by Crippen LogP contribution is -2.44. The zero-order valence-electron chi connectivity index (χ0n) is 18.2. The van der Waals surface area contributed by atoms with Crippen LogP contribution >= 0.6 is 0 Å². The monoisotopic (exact) mass is 498 g/mol. The fraction of sp³-hybridized carbons (Fsp3) is 0.409. The molecule has 0 spiro atoms. The summed E-state index contributed by atoms with van der Waals surface area (Å²) in [5.74, 6) is -1.21. The molecule has 0 amide bonds. The molecular weight excluding hydrogens is 471 g/mol. The number of rotatable bonds is 9. The molecule has 11 heteroatoms. The number of ether oxygens (including phenoxy) is 1. The van der Waals surface area contributed by atoms with Crippen molar-refractivity contribution in [3.05, 3.63) is 70.5 Å². The summed E-state index contributed by atoms with van der Waals surface area (Å²) >= 11 is -2.34. The van der Waals surface area contributed by atoms with Crippen LogP contribution in [0.2, 0.25) is 0 Å². The highest BCUT2D eigenvalue weighted by Gasteiger charge is 2.28. The van der Waals surface area contributed by atoms with Crippen molar-refractivity contribution in [2.45, 2.75) is 24.6 Å². The van der Waals surface area contributed by atoms with Gasteiger partial charge in [0.15, 0.2) is 9.84 Å². The van der Waals surface area contributed by atoms with Gasteiger partial charge in [-0.2, -0.15) is 4.31 Å². The second-order valence-electron chi connectivity index (χ2n) is 7.86. The van der Waals surface area contributed by atoms with Crippen molar-refractivity contribution in [3.63, 3.8) is 0 Å². The molecule has 1 aliphatic rings. The van der Waals surface area contributed by atoms with E-state index in [1.807, 2.05) is 24.3 Å². The molecule has 2 unspecified atom stereocenters. The molecule has 0 aromatic heterocycles. The van der Waals surface area contributed by atoms with Gasteiger partial charge in [-0.3, -0.25) is 4.55 Å². The van der Waals surface area contributed by atoms with E-state index in [4.69, 9.17) is 0 Å². The van der Waals surface area contributed by atoms with Gasteiger partial charge < -0.3 is 10.1 Å². The number of benzene rings is 2. The number of methoxy groups -OCH3 is 1. The van der Waals surface area contributed by atoms with Gasteiger partial charge in [-0.15, -0.1) is 0 Å². The Morgan fingerprint density at radius 1 is 1.27 bits per heavy atom. The number of carbonyl (C=O) groups excluding carboxylic acids is 1. The van der Waals surface area contributed by atoms with Gasteiger partial charge in [-0.05, 0) is 36.1 Å². The molecule has 1 saturated heterocycles. The molecule has 3 rings (SSSR count). The molecule has 0 saturated carbocycles. The van der Waals surface area contributed by atoms with E-state index < -0.39 is 38.1 Å². The van der Waals surface area contributed by atoms with Crippen LogP contribution in [-0.2, 0) is 45.2 Å². The first-order valence-electron chi connectivity index (χ1n) is 10.4. The van der Waals surface area contributed by atoms with E-state index in [0.29, 0.717) is 25.9 Å². The molecular formula is C22H27FN2O6S2. The molecule has 2 atom stereocenters. The fourth-order valence-electron chi connectivity index (χ4n) is 3.72. The summed E-state index contributed by atoms with van der Waals surface area (Å²) in [6, 6.07) is 11.3. The number of hydrogen-bond donors (Lipinski definition) is 2. The predicted molar refractivity (Wildman–Crippen MR) is 123 cm³/mol. The van der Waals surface area contributed by atoms with Crippen LogP contribution in [0, 0.1) is 5.82 Å². The first-order valence-corrected chi connectivity index (χ1v) is 13.2. The number of carbonyl (C=O) groups is 1. The van der Waals surface area contributed by atoms with Crippen LogP contribution in [0.1, 0.15) is 27.0 Å². The number of nitrogens with one attached hydrogen (secondary N) is 1. The first-order chi connectivity index (χ1) is 15.7. The number of nitrogens with zero attached hydrogens (tertiary/aromatic N) is 1. The molecule has 1 fully saturated rings. The van der Waals surface area contributed by atoms with Crippen LogP contribution in [-0.4, -0.2) is 65.2 Å². The summed E-state index contributed by atoms with van der Waals surface area (Å²) in [6.07, 6.45) is 0.814. The van der Waals surface area contributed by atoms with Crippen molar-refractivity contribution in [2.24, 2.45) is 0 Å². The molecule has 180 valence electrons. The second-order valence-corrected chi connectivity index (χ2v) is 11.2. The quantitative estimate of drug-likeness (QED) is 0.400. The minimum absolute atomic E-state index is 0.0578. The van der Waals surface area contributed by atoms with Crippen molar-refractivity contribution in [2.75, 3.05) is 32.5 Å². The van der Waals surface area contributed by atoms with Crippen LogP contribution in [0.25, 0.3) is 0 Å². The topological polar surface area (TPSA) is 113 Å². The van der Waals surface area contributed by atoms with Crippen molar-refractivity contribution in [3.8, 4) is 0 Å². The van der Waals surface area contributed by atoms with Crippen LogP contribution < -0.4 is 5.32 Å². The lowest BCUT2D eigenvalue weighted by Gasteiger charge is -2.23. The van der Waals surface area contributed by atoms with E-state index in [1.54, 1.807) is 0 Å². The molecule has 0 bridgehead atoms. The highest BCUT2D eigenvalue weighted by molar-refractivity contribution is 7.92. The number of sulfone groups is 1. The fourth-order valence-corrected chi connectivity index (χ4v) is 5.80. The highest BCUT2D eigenvalue weighted by atomic mass is 32.2.